The molecule has 5 aromatic rings. The van der Waals surface area contributed by atoms with Crippen molar-refractivity contribution in [1.29, 1.82) is 0 Å². The van der Waals surface area contributed by atoms with Crippen LogP contribution in [0, 0.1) is 6.92 Å². The van der Waals surface area contributed by atoms with Gasteiger partial charge < -0.3 is 4.90 Å². The number of fused-ring (bicyclic) bond motifs is 1. The molecule has 38 heavy (non-hydrogen) atoms. The van der Waals surface area contributed by atoms with Gasteiger partial charge in [0.05, 0.1) is 23.0 Å². The zero-order valence-electron chi connectivity index (χ0n) is 21.6. The maximum absolute atomic E-state index is 6.39. The highest BCUT2D eigenvalue weighted by atomic mass is 35.5. The number of anilines is 2. The fourth-order valence-electron chi connectivity index (χ4n) is 4.88. The van der Waals surface area contributed by atoms with E-state index in [4.69, 9.17) is 26.7 Å². The van der Waals surface area contributed by atoms with Crippen LogP contribution in [0.4, 0.5) is 11.6 Å². The quantitative estimate of drug-likeness (QED) is 0.240. The summed E-state index contributed by atoms with van der Waals surface area (Å²) >= 11 is 6.39. The van der Waals surface area contributed by atoms with E-state index in [1.807, 2.05) is 41.4 Å². The summed E-state index contributed by atoms with van der Waals surface area (Å²) in [6.07, 6.45) is 0.757. The summed E-state index contributed by atoms with van der Waals surface area (Å²) in [6.45, 7) is 2.10. The lowest BCUT2D eigenvalue weighted by Gasteiger charge is -2.23. The molecule has 5 nitrogen and oxygen atoms in total. The molecule has 1 atom stereocenters. The highest BCUT2D eigenvalue weighted by molar-refractivity contribution is 6.31. The van der Waals surface area contributed by atoms with Gasteiger partial charge >= 0.3 is 0 Å². The molecule has 0 fully saturated rings. The van der Waals surface area contributed by atoms with E-state index in [2.05, 4.69) is 86.6 Å². The van der Waals surface area contributed by atoms with Crippen molar-refractivity contribution in [3.05, 3.63) is 119 Å². The number of rotatable bonds is 5. The number of hydrazone groups is 1. The molecule has 1 aliphatic rings. The van der Waals surface area contributed by atoms with Gasteiger partial charge in [-0.05, 0) is 48.4 Å². The van der Waals surface area contributed by atoms with Crippen molar-refractivity contribution in [2.45, 2.75) is 19.4 Å². The molecular formula is C32H28ClN5. The molecule has 0 amide bonds. The largest absolute Gasteiger partial charge is 0.378 e. The minimum atomic E-state index is -0.0316. The number of hydrogen-bond donors (Lipinski definition) is 0. The van der Waals surface area contributed by atoms with Crippen LogP contribution in [0.3, 0.4) is 0 Å². The number of benzene rings is 4. The van der Waals surface area contributed by atoms with Gasteiger partial charge in [-0.3, -0.25) is 0 Å². The van der Waals surface area contributed by atoms with Gasteiger partial charge in [0, 0.05) is 42.2 Å². The van der Waals surface area contributed by atoms with Crippen LogP contribution in [0.1, 0.15) is 29.2 Å². The molecule has 0 radical (unpaired) electrons. The molecule has 2 heterocycles. The van der Waals surface area contributed by atoms with Crippen LogP contribution in [-0.4, -0.2) is 29.8 Å². The monoisotopic (exact) mass is 517 g/mol. The maximum Gasteiger partial charge on any atom is 0.247 e. The number of aryl methyl sites for hydroxylation is 1. The number of aromatic nitrogens is 2. The molecular weight excluding hydrogens is 490 g/mol. The highest BCUT2D eigenvalue weighted by Crippen LogP contribution is 2.38. The Labute approximate surface area is 228 Å². The third-order valence-electron chi connectivity index (χ3n) is 6.99. The van der Waals surface area contributed by atoms with Gasteiger partial charge in [-0.15, -0.1) is 0 Å². The number of halogens is 1. The Morgan fingerprint density at radius 3 is 2.26 bits per heavy atom. The average Bonchev–Trinajstić information content (AvgIpc) is 3.39. The SMILES string of the molecule is Cc1ccc(C2=NN(c3nc(-c4ccccc4)c4cc(Cl)ccc4n3)[C@H](c3ccc(N(C)C)cc3)C2)cc1. The second kappa shape index (κ2) is 9.92. The molecule has 0 saturated heterocycles. The van der Waals surface area contributed by atoms with Crippen molar-refractivity contribution in [2.75, 3.05) is 24.0 Å². The van der Waals surface area contributed by atoms with E-state index in [-0.39, 0.29) is 6.04 Å². The molecule has 6 rings (SSSR count). The van der Waals surface area contributed by atoms with Gasteiger partial charge in [-0.1, -0.05) is 83.9 Å². The van der Waals surface area contributed by atoms with Crippen LogP contribution in [0.5, 0.6) is 0 Å². The van der Waals surface area contributed by atoms with E-state index < -0.39 is 0 Å². The van der Waals surface area contributed by atoms with Gasteiger partial charge in [0.25, 0.3) is 0 Å². The first-order chi connectivity index (χ1) is 18.5. The Morgan fingerprint density at radius 2 is 1.55 bits per heavy atom. The third-order valence-corrected chi connectivity index (χ3v) is 7.22. The van der Waals surface area contributed by atoms with E-state index >= 15 is 0 Å². The highest BCUT2D eigenvalue weighted by Gasteiger charge is 2.32. The van der Waals surface area contributed by atoms with Gasteiger partial charge in [0.1, 0.15) is 0 Å². The van der Waals surface area contributed by atoms with Crippen molar-refractivity contribution < 1.29 is 0 Å². The van der Waals surface area contributed by atoms with Crippen molar-refractivity contribution in [1.82, 2.24) is 9.97 Å². The van der Waals surface area contributed by atoms with Crippen molar-refractivity contribution in [3.63, 3.8) is 0 Å². The van der Waals surface area contributed by atoms with Crippen LogP contribution in [0.2, 0.25) is 5.02 Å². The first-order valence-electron chi connectivity index (χ1n) is 12.7. The predicted molar refractivity (Wildman–Crippen MR) is 158 cm³/mol. The van der Waals surface area contributed by atoms with E-state index in [9.17, 15) is 0 Å². The van der Waals surface area contributed by atoms with Gasteiger partial charge in [-0.25, -0.2) is 15.0 Å². The van der Waals surface area contributed by atoms with Crippen molar-refractivity contribution in [3.8, 4) is 11.3 Å². The van der Waals surface area contributed by atoms with Gasteiger partial charge in [0.2, 0.25) is 5.95 Å². The minimum absolute atomic E-state index is 0.0316. The molecule has 1 aliphatic heterocycles. The first-order valence-corrected chi connectivity index (χ1v) is 13.1. The summed E-state index contributed by atoms with van der Waals surface area (Å²) in [7, 11) is 4.10. The van der Waals surface area contributed by atoms with Crippen LogP contribution in [-0.2, 0) is 0 Å². The summed E-state index contributed by atoms with van der Waals surface area (Å²) in [5, 5.41) is 8.68. The molecule has 0 bridgehead atoms. The van der Waals surface area contributed by atoms with Crippen molar-refractivity contribution in [2.24, 2.45) is 5.10 Å². The standard InChI is InChI=1S/C32H28ClN5/c1-21-9-11-22(12-10-21)29-20-30(23-13-16-26(17-14-23)37(2)3)38(36-29)32-34-28-18-15-25(33)19-27(28)31(35-32)24-7-5-4-6-8-24/h4-19,30H,20H2,1-3H3/t30-/m0/s1. The summed E-state index contributed by atoms with van der Waals surface area (Å²) in [5.74, 6) is 0.572. The zero-order chi connectivity index (χ0) is 26.2. The van der Waals surface area contributed by atoms with Gasteiger partial charge in [0.15, 0.2) is 0 Å². The topological polar surface area (TPSA) is 44.6 Å². The molecule has 0 aliphatic carbocycles. The summed E-state index contributed by atoms with van der Waals surface area (Å²) in [6, 6.07) is 33.1. The lowest BCUT2D eigenvalue weighted by Crippen LogP contribution is -2.21. The molecule has 0 spiro atoms. The van der Waals surface area contributed by atoms with Crippen LogP contribution in [0.15, 0.2) is 102 Å². The minimum Gasteiger partial charge on any atom is -0.378 e. The fourth-order valence-corrected chi connectivity index (χ4v) is 5.05. The van der Waals surface area contributed by atoms with E-state index in [1.165, 1.54) is 11.1 Å². The van der Waals surface area contributed by atoms with Crippen LogP contribution < -0.4 is 9.91 Å². The number of hydrogen-bond acceptors (Lipinski definition) is 5. The van der Waals surface area contributed by atoms with E-state index in [1.54, 1.807) is 0 Å². The van der Waals surface area contributed by atoms with Crippen molar-refractivity contribution >= 4 is 39.9 Å². The summed E-state index contributed by atoms with van der Waals surface area (Å²) in [5.41, 5.74) is 8.37. The van der Waals surface area contributed by atoms with E-state index in [0.717, 1.165) is 45.5 Å². The zero-order valence-corrected chi connectivity index (χ0v) is 22.4. The first kappa shape index (κ1) is 24.1. The second-order valence-corrected chi connectivity index (χ2v) is 10.3. The Hall–Kier alpha value is -4.22. The molecule has 188 valence electrons. The Kier molecular flexibility index (Phi) is 6.30. The molecule has 0 N–H and O–H groups in total. The fraction of sp³-hybridized carbons (Fsp3) is 0.156. The second-order valence-electron chi connectivity index (χ2n) is 9.86. The lowest BCUT2D eigenvalue weighted by molar-refractivity contribution is 0.689. The van der Waals surface area contributed by atoms with Gasteiger partial charge in [-0.2, -0.15) is 5.10 Å². The Balaban J connectivity index is 1.51. The number of nitrogens with zero attached hydrogens (tertiary/aromatic N) is 5. The molecule has 6 heteroatoms. The predicted octanol–water partition coefficient (Wildman–Crippen LogP) is 7.68. The smallest absolute Gasteiger partial charge is 0.247 e. The normalized spacial score (nSPS) is 15.1. The van der Waals surface area contributed by atoms with Crippen LogP contribution >= 0.6 is 11.6 Å². The molecule has 1 aromatic heterocycles. The molecule has 4 aromatic carbocycles. The Bertz CT molecular complexity index is 1630. The molecule has 0 unspecified atom stereocenters. The lowest BCUT2D eigenvalue weighted by atomic mass is 9.98. The summed E-state index contributed by atoms with van der Waals surface area (Å²) < 4.78 is 0. The van der Waals surface area contributed by atoms with E-state index in [0.29, 0.717) is 11.0 Å². The third kappa shape index (κ3) is 4.61. The summed E-state index contributed by atoms with van der Waals surface area (Å²) in [4.78, 5) is 12.2. The average molecular weight is 518 g/mol. The maximum atomic E-state index is 6.39. The van der Waals surface area contributed by atoms with Crippen LogP contribution in [0.25, 0.3) is 22.2 Å². The Morgan fingerprint density at radius 1 is 0.816 bits per heavy atom. The molecule has 0 saturated carbocycles.